The largest absolute Gasteiger partial charge is 0.462 e. The van der Waals surface area contributed by atoms with Crippen LogP contribution in [0.2, 0.25) is 0 Å². The van der Waals surface area contributed by atoms with Crippen molar-refractivity contribution in [3.63, 3.8) is 0 Å². The summed E-state index contributed by atoms with van der Waals surface area (Å²) in [6.07, 6.45) is 3.27. The molecular weight excluding hydrogens is 364 g/mol. The minimum Gasteiger partial charge on any atom is -0.462 e. The topological polar surface area (TPSA) is 13.1 Å². The summed E-state index contributed by atoms with van der Waals surface area (Å²) in [6.45, 7) is 18.1. The number of allylic oxidation sites excluding steroid dienone is 1. The second kappa shape index (κ2) is 7.01. The summed E-state index contributed by atoms with van der Waals surface area (Å²) in [5.74, 6) is 1.96. The molecule has 1 heterocycles. The molecule has 1 aliphatic carbocycles. The van der Waals surface area contributed by atoms with E-state index in [1.165, 1.54) is 44.5 Å². The maximum Gasteiger partial charge on any atom is 0.130 e. The van der Waals surface area contributed by atoms with Crippen LogP contribution in [0.15, 0.2) is 46.9 Å². The fourth-order valence-electron chi connectivity index (χ4n) is 4.31. The van der Waals surface area contributed by atoms with E-state index in [1.807, 2.05) is 13.0 Å². The Morgan fingerprint density at radius 1 is 0.767 bits per heavy atom. The third-order valence-electron chi connectivity index (χ3n) is 6.25. The second-order valence-corrected chi connectivity index (χ2v) is 10.9. The van der Waals surface area contributed by atoms with Crippen LogP contribution in [0.25, 0.3) is 22.8 Å². The molecule has 0 amide bonds. The summed E-state index contributed by atoms with van der Waals surface area (Å²) in [7, 11) is 0. The molecule has 0 aliphatic heterocycles. The zero-order chi connectivity index (χ0) is 21.8. The average Bonchev–Trinajstić information content (AvgIpc) is 3.25. The molecule has 0 atom stereocenters. The molecule has 0 spiro atoms. The molecule has 0 unspecified atom stereocenters. The highest BCUT2D eigenvalue weighted by Gasteiger charge is 2.25. The Morgan fingerprint density at radius 3 is 1.93 bits per heavy atom. The lowest BCUT2D eigenvalue weighted by atomic mass is 9.78. The highest BCUT2D eigenvalue weighted by Crippen LogP contribution is 2.42. The predicted octanol–water partition coefficient (Wildman–Crippen LogP) is 8.26. The molecule has 1 nitrogen and oxygen atoms in total. The van der Waals surface area contributed by atoms with E-state index in [1.54, 1.807) is 0 Å². The third kappa shape index (κ3) is 3.78. The molecule has 1 aromatic heterocycles. The van der Waals surface area contributed by atoms with Gasteiger partial charge in [-0.25, -0.2) is 0 Å². The van der Waals surface area contributed by atoms with Gasteiger partial charge in [0.2, 0.25) is 0 Å². The van der Waals surface area contributed by atoms with Crippen LogP contribution in [0.5, 0.6) is 0 Å². The van der Waals surface area contributed by atoms with E-state index in [-0.39, 0.29) is 10.8 Å². The molecule has 2 aromatic carbocycles. The van der Waals surface area contributed by atoms with Gasteiger partial charge in [-0.1, -0.05) is 71.9 Å². The predicted molar refractivity (Wildman–Crippen MR) is 129 cm³/mol. The molecule has 30 heavy (non-hydrogen) atoms. The molecule has 0 bridgehead atoms. The maximum absolute atomic E-state index is 5.93. The number of hydrogen-bond acceptors (Lipinski definition) is 1. The molecular formula is C29H34O. The molecule has 0 N–H and O–H groups in total. The fourth-order valence-corrected chi connectivity index (χ4v) is 4.31. The Hall–Kier alpha value is -2.54. The van der Waals surface area contributed by atoms with E-state index in [9.17, 15) is 0 Å². The molecule has 0 fully saturated rings. The van der Waals surface area contributed by atoms with Crippen molar-refractivity contribution in [3.8, 4) is 11.1 Å². The van der Waals surface area contributed by atoms with Crippen molar-refractivity contribution in [1.82, 2.24) is 0 Å². The Morgan fingerprint density at radius 2 is 1.40 bits per heavy atom. The lowest BCUT2D eigenvalue weighted by Gasteiger charge is -2.27. The van der Waals surface area contributed by atoms with Crippen molar-refractivity contribution in [2.75, 3.05) is 0 Å². The van der Waals surface area contributed by atoms with E-state index >= 15 is 0 Å². The zero-order valence-electron chi connectivity index (χ0n) is 19.7. The van der Waals surface area contributed by atoms with Gasteiger partial charge in [0.05, 0.1) is 0 Å². The van der Waals surface area contributed by atoms with E-state index in [0.29, 0.717) is 0 Å². The van der Waals surface area contributed by atoms with E-state index < -0.39 is 0 Å². The first-order valence-electron chi connectivity index (χ1n) is 11.0. The monoisotopic (exact) mass is 398 g/mol. The van der Waals surface area contributed by atoms with Gasteiger partial charge in [-0.3, -0.25) is 0 Å². The van der Waals surface area contributed by atoms with Crippen LogP contribution in [0.1, 0.15) is 80.9 Å². The molecule has 4 rings (SSSR count). The summed E-state index contributed by atoms with van der Waals surface area (Å²) in [4.78, 5) is 0. The van der Waals surface area contributed by atoms with Crippen LogP contribution in [0.3, 0.4) is 0 Å². The second-order valence-electron chi connectivity index (χ2n) is 10.9. The third-order valence-corrected chi connectivity index (χ3v) is 6.25. The lowest BCUT2D eigenvalue weighted by Crippen LogP contribution is -2.16. The van der Waals surface area contributed by atoms with Gasteiger partial charge < -0.3 is 4.42 Å². The summed E-state index contributed by atoms with van der Waals surface area (Å²) in [5.41, 5.74) is 11.0. The van der Waals surface area contributed by atoms with Crippen molar-refractivity contribution in [1.29, 1.82) is 0 Å². The van der Waals surface area contributed by atoms with Gasteiger partial charge in [-0.15, -0.1) is 0 Å². The summed E-state index contributed by atoms with van der Waals surface area (Å²) >= 11 is 0. The number of rotatable bonds is 2. The van der Waals surface area contributed by atoms with Crippen molar-refractivity contribution < 1.29 is 4.42 Å². The minimum absolute atomic E-state index is 0.106. The van der Waals surface area contributed by atoms with E-state index in [2.05, 4.69) is 90.9 Å². The Bertz CT molecular complexity index is 1110. The molecule has 1 heteroatoms. The van der Waals surface area contributed by atoms with Crippen LogP contribution in [-0.4, -0.2) is 0 Å². The smallest absolute Gasteiger partial charge is 0.130 e. The van der Waals surface area contributed by atoms with Crippen LogP contribution in [0, 0.1) is 13.8 Å². The van der Waals surface area contributed by atoms with Crippen LogP contribution in [0.4, 0.5) is 0 Å². The van der Waals surface area contributed by atoms with Crippen molar-refractivity contribution >= 4 is 11.6 Å². The van der Waals surface area contributed by atoms with Crippen LogP contribution < -0.4 is 0 Å². The quantitative estimate of drug-likeness (QED) is 0.423. The van der Waals surface area contributed by atoms with Gasteiger partial charge in [0.1, 0.15) is 11.5 Å². The Labute approximate surface area is 181 Å². The first-order chi connectivity index (χ1) is 13.9. The van der Waals surface area contributed by atoms with Gasteiger partial charge in [0.25, 0.3) is 0 Å². The summed E-state index contributed by atoms with van der Waals surface area (Å²) in [6, 6.07) is 15.9. The van der Waals surface area contributed by atoms with E-state index in [0.717, 1.165) is 17.9 Å². The number of fused-ring (bicyclic) bond motifs is 1. The zero-order valence-corrected chi connectivity index (χ0v) is 19.7. The fraction of sp³-hybridized carbons (Fsp3) is 0.379. The molecule has 0 saturated heterocycles. The normalized spacial score (nSPS) is 14.1. The van der Waals surface area contributed by atoms with Gasteiger partial charge in [0, 0.05) is 6.42 Å². The van der Waals surface area contributed by atoms with E-state index in [4.69, 9.17) is 4.42 Å². The molecule has 156 valence electrons. The Kier molecular flexibility index (Phi) is 4.84. The number of benzene rings is 2. The number of aryl methyl sites for hydroxylation is 2. The first kappa shape index (κ1) is 20.7. The standard InChI is InChI=1S/C29H34O/c1-18-9-11-20-13-21(26-12-10-19(2)30-26)16-25(20)27(18)22-14-23(28(3,4)5)17-24(15-22)29(6,7)8/h9-12,14-17H,13H2,1-8H3. The van der Waals surface area contributed by atoms with Crippen molar-refractivity contribution in [3.05, 3.63) is 81.8 Å². The van der Waals surface area contributed by atoms with Crippen molar-refractivity contribution in [2.24, 2.45) is 0 Å². The molecule has 1 aliphatic rings. The highest BCUT2D eigenvalue weighted by molar-refractivity contribution is 5.94. The molecule has 0 saturated carbocycles. The first-order valence-corrected chi connectivity index (χ1v) is 11.0. The number of hydrogen-bond donors (Lipinski definition) is 0. The van der Waals surface area contributed by atoms with Gasteiger partial charge in [-0.05, 0) is 87.4 Å². The summed E-state index contributed by atoms with van der Waals surface area (Å²) in [5, 5.41) is 0. The summed E-state index contributed by atoms with van der Waals surface area (Å²) < 4.78 is 5.93. The highest BCUT2D eigenvalue weighted by atomic mass is 16.3. The van der Waals surface area contributed by atoms with Crippen LogP contribution in [-0.2, 0) is 17.3 Å². The lowest BCUT2D eigenvalue weighted by molar-refractivity contribution is 0.521. The minimum atomic E-state index is 0.106. The van der Waals surface area contributed by atoms with Gasteiger partial charge in [-0.2, -0.15) is 0 Å². The van der Waals surface area contributed by atoms with Gasteiger partial charge >= 0.3 is 0 Å². The average molecular weight is 399 g/mol. The van der Waals surface area contributed by atoms with Crippen molar-refractivity contribution in [2.45, 2.75) is 72.6 Å². The molecule has 3 aromatic rings. The van der Waals surface area contributed by atoms with Crippen LogP contribution >= 0.6 is 0 Å². The Balaban J connectivity index is 1.93. The maximum atomic E-state index is 5.93. The number of furan rings is 1. The SMILES string of the molecule is Cc1ccc(C2=Cc3c(ccc(C)c3-c3cc(C(C)(C)C)cc(C(C)(C)C)c3)C2)o1. The molecule has 0 radical (unpaired) electrons. The van der Waals surface area contributed by atoms with Gasteiger partial charge in [0.15, 0.2) is 0 Å².